The van der Waals surface area contributed by atoms with Crippen LogP contribution in [0.25, 0.3) is 0 Å². The maximum atomic E-state index is 9.23. The molecule has 3 fully saturated rings. The Morgan fingerprint density at radius 2 is 1.80 bits per heavy atom. The van der Waals surface area contributed by atoms with Gasteiger partial charge in [-0.25, -0.2) is 0 Å². The van der Waals surface area contributed by atoms with Gasteiger partial charge in [-0.05, 0) is 48.8 Å². The van der Waals surface area contributed by atoms with Crippen LogP contribution in [0, 0.1) is 16.7 Å². The van der Waals surface area contributed by atoms with Gasteiger partial charge in [-0.2, -0.15) is 0 Å². The fraction of sp³-hybridized carbons (Fsp3) is 1.00. The lowest BCUT2D eigenvalue weighted by molar-refractivity contribution is 0.273. The van der Waals surface area contributed by atoms with E-state index in [1.165, 1.54) is 0 Å². The smallest absolute Gasteiger partial charge is 0.0564 e. The lowest BCUT2D eigenvalue weighted by atomic mass is 10.2. The van der Waals surface area contributed by atoms with E-state index < -0.39 is 12.9 Å². The van der Waals surface area contributed by atoms with Crippen LogP contribution in [-0.2, 0) is 0 Å². The summed E-state index contributed by atoms with van der Waals surface area (Å²) in [6.45, 7) is -2.70. The second kappa shape index (κ2) is 1.29. The molecule has 0 atom stereocenters. The topological polar surface area (TPSA) is 20.2 Å². The highest BCUT2D eigenvalue weighted by Gasteiger charge is 2.85. The maximum Gasteiger partial charge on any atom is 0.0564 e. The average molecular weight is 142 g/mol. The molecule has 10 heavy (non-hydrogen) atoms. The van der Waals surface area contributed by atoms with Gasteiger partial charge in [0.2, 0.25) is 0 Å². The average Bonchev–Trinajstić information content (AvgIpc) is 2.79. The van der Waals surface area contributed by atoms with Gasteiger partial charge in [0.15, 0.2) is 0 Å². The molecule has 3 aliphatic rings. The summed E-state index contributed by atoms with van der Waals surface area (Å²) >= 11 is 0. The number of aliphatic hydroxyl groups is 1. The molecule has 0 aromatic rings. The first-order valence-corrected chi connectivity index (χ1v) is 4.00. The molecule has 1 heteroatoms. The number of hydrogen-bond acceptors (Lipinski definition) is 1. The van der Waals surface area contributed by atoms with E-state index in [9.17, 15) is 5.11 Å². The Labute approximate surface area is 67.1 Å². The normalized spacial score (nSPS) is 51.1. The van der Waals surface area contributed by atoms with Crippen molar-refractivity contribution in [2.45, 2.75) is 32.1 Å². The van der Waals surface area contributed by atoms with Gasteiger partial charge < -0.3 is 5.11 Å². The minimum Gasteiger partial charge on any atom is -0.396 e. The second-order valence-corrected chi connectivity index (χ2v) is 4.00. The predicted octanol–water partition coefficient (Wildman–Crippen LogP) is 1.56. The van der Waals surface area contributed by atoms with Gasteiger partial charge in [0.25, 0.3) is 0 Å². The molecule has 0 radical (unpaired) electrons. The summed E-state index contributed by atoms with van der Waals surface area (Å²) in [6.07, 6.45) is 2.07. The lowest BCUT2D eigenvalue weighted by Gasteiger charge is -1.89. The van der Waals surface area contributed by atoms with Gasteiger partial charge in [0.05, 0.1) is 2.74 Å². The molecule has 0 amide bonds. The minimum absolute atomic E-state index is 0.0899. The van der Waals surface area contributed by atoms with Crippen molar-refractivity contribution in [2.75, 3.05) is 6.56 Å². The monoisotopic (exact) mass is 142 g/mol. The summed E-state index contributed by atoms with van der Waals surface area (Å²) in [7, 11) is 0. The van der Waals surface area contributed by atoms with E-state index in [-0.39, 0.29) is 16.7 Å². The Morgan fingerprint density at radius 3 is 2.10 bits per heavy atom. The lowest BCUT2D eigenvalue weighted by Crippen LogP contribution is -1.87. The second-order valence-electron chi connectivity index (χ2n) is 4.00. The summed E-state index contributed by atoms with van der Waals surface area (Å²) in [5.41, 5.74) is 0.180. The van der Waals surface area contributed by atoms with Crippen LogP contribution in [0.5, 0.6) is 0 Å². The first kappa shape index (κ1) is 3.14. The van der Waals surface area contributed by atoms with Crippen LogP contribution in [0.15, 0.2) is 0 Å². The van der Waals surface area contributed by atoms with Gasteiger partial charge in [-0.1, -0.05) is 0 Å². The summed E-state index contributed by atoms with van der Waals surface area (Å²) in [5, 5.41) is 9.23. The summed E-state index contributed by atoms with van der Waals surface area (Å²) < 4.78 is 29.8. The first-order chi connectivity index (χ1) is 6.28. The van der Waals surface area contributed by atoms with E-state index in [1.807, 2.05) is 0 Å². The molecule has 0 aromatic carbocycles. The Kier molecular flexibility index (Phi) is 0.406. The van der Waals surface area contributed by atoms with Crippen molar-refractivity contribution in [3.8, 4) is 0 Å². The molecule has 0 aliphatic heterocycles. The molecule has 1 nitrogen and oxygen atoms in total. The Balaban J connectivity index is 1.91. The van der Waals surface area contributed by atoms with Crippen LogP contribution in [-0.4, -0.2) is 11.7 Å². The zero-order chi connectivity index (χ0) is 10.4. The van der Waals surface area contributed by atoms with Gasteiger partial charge in [0, 0.05) is 9.30 Å². The zero-order valence-electron chi connectivity index (χ0n) is 9.85. The molecular formula is C9H14O. The van der Waals surface area contributed by atoms with Crippen LogP contribution in [0.1, 0.15) is 37.5 Å². The van der Waals surface area contributed by atoms with E-state index in [0.717, 1.165) is 25.7 Å². The van der Waals surface area contributed by atoms with Crippen molar-refractivity contribution >= 4 is 0 Å². The fourth-order valence-electron chi connectivity index (χ4n) is 2.92. The highest BCUT2D eigenvalue weighted by atomic mass is 16.3. The molecule has 0 aromatic heterocycles. The van der Waals surface area contributed by atoms with Crippen molar-refractivity contribution in [3.63, 3.8) is 0 Å². The first-order valence-electron chi connectivity index (χ1n) is 6.00. The predicted molar refractivity (Wildman–Crippen MR) is 38.5 cm³/mol. The standard InChI is InChI=1S/C9H14O/c10-6-1-7-8(2-3-8)9(7)4-5-9/h7,10H,1-6H2/i1D2,6D2. The summed E-state index contributed by atoms with van der Waals surface area (Å²) in [4.78, 5) is 0. The molecule has 3 aliphatic carbocycles. The van der Waals surface area contributed by atoms with Crippen molar-refractivity contribution in [3.05, 3.63) is 0 Å². The quantitative estimate of drug-likeness (QED) is 0.620. The van der Waals surface area contributed by atoms with Crippen molar-refractivity contribution in [1.82, 2.24) is 0 Å². The number of hydrogen-bond donors (Lipinski definition) is 1. The minimum atomic E-state index is -2.70. The van der Waals surface area contributed by atoms with Crippen molar-refractivity contribution in [2.24, 2.45) is 16.7 Å². The molecule has 3 saturated carbocycles. The zero-order valence-corrected chi connectivity index (χ0v) is 5.85. The van der Waals surface area contributed by atoms with E-state index in [0.29, 0.717) is 0 Å². The van der Waals surface area contributed by atoms with Crippen molar-refractivity contribution in [1.29, 1.82) is 0 Å². The van der Waals surface area contributed by atoms with E-state index in [4.69, 9.17) is 5.48 Å². The Hall–Kier alpha value is -0.0400. The molecule has 56 valence electrons. The molecular weight excluding hydrogens is 124 g/mol. The van der Waals surface area contributed by atoms with Crippen molar-refractivity contribution < 1.29 is 10.6 Å². The third kappa shape index (κ3) is 0.378. The molecule has 2 spiro atoms. The Bertz CT molecular complexity index is 280. The summed E-state index contributed by atoms with van der Waals surface area (Å²) in [6, 6.07) is 0. The number of fused-ring (bicyclic) bond motifs is 1. The third-order valence-corrected chi connectivity index (χ3v) is 3.80. The summed E-state index contributed by atoms with van der Waals surface area (Å²) in [5.74, 6) is -0.234. The van der Waals surface area contributed by atoms with E-state index >= 15 is 0 Å². The van der Waals surface area contributed by atoms with Gasteiger partial charge in [-0.15, -0.1) is 0 Å². The molecule has 3 rings (SSSR count). The van der Waals surface area contributed by atoms with Crippen LogP contribution in [0.3, 0.4) is 0 Å². The van der Waals surface area contributed by atoms with Crippen LogP contribution in [0.2, 0.25) is 0 Å². The highest BCUT2D eigenvalue weighted by molar-refractivity contribution is 5.34. The largest absolute Gasteiger partial charge is 0.396 e. The van der Waals surface area contributed by atoms with E-state index in [2.05, 4.69) is 0 Å². The fourth-order valence-corrected chi connectivity index (χ4v) is 2.92. The van der Waals surface area contributed by atoms with Crippen LogP contribution < -0.4 is 0 Å². The van der Waals surface area contributed by atoms with Gasteiger partial charge >= 0.3 is 0 Å². The van der Waals surface area contributed by atoms with E-state index in [1.54, 1.807) is 0 Å². The SMILES string of the molecule is [2H]C([2H])(O)C([2H])([2H])C1C2(CC2)C12CC2. The molecule has 0 saturated heterocycles. The highest BCUT2D eigenvalue weighted by Crippen LogP contribution is 2.93. The Morgan fingerprint density at radius 1 is 1.30 bits per heavy atom. The van der Waals surface area contributed by atoms with Gasteiger partial charge in [0.1, 0.15) is 0 Å². The molecule has 0 bridgehead atoms. The molecule has 1 N–H and O–H groups in total. The third-order valence-electron chi connectivity index (χ3n) is 3.80. The van der Waals surface area contributed by atoms with Gasteiger partial charge in [-0.3, -0.25) is 0 Å². The maximum absolute atomic E-state index is 9.23. The molecule has 0 unspecified atom stereocenters. The van der Waals surface area contributed by atoms with Crippen LogP contribution in [0.4, 0.5) is 0 Å². The molecule has 0 heterocycles. The number of rotatable bonds is 2. The van der Waals surface area contributed by atoms with Crippen LogP contribution >= 0.6 is 0 Å².